The van der Waals surface area contributed by atoms with Crippen molar-refractivity contribution in [1.82, 2.24) is 0 Å². The van der Waals surface area contributed by atoms with E-state index in [1.165, 1.54) is 38.5 Å². The van der Waals surface area contributed by atoms with Crippen molar-refractivity contribution in [3.63, 3.8) is 0 Å². The normalized spacial score (nSPS) is 38.4. The number of rotatable bonds is 7. The highest BCUT2D eigenvalue weighted by atomic mass is 32.2. The number of carbonyl (C=O) groups is 1. The molecule has 0 aliphatic heterocycles. The monoisotopic (exact) mass is 430 g/mol. The smallest absolute Gasteiger partial charge is 0.137 e. The van der Waals surface area contributed by atoms with Gasteiger partial charge in [-0.15, -0.1) is 0 Å². The van der Waals surface area contributed by atoms with Crippen molar-refractivity contribution in [2.24, 2.45) is 28.6 Å². The average molecular weight is 431 g/mol. The van der Waals surface area contributed by atoms with E-state index in [-0.39, 0.29) is 11.3 Å². The lowest BCUT2D eigenvalue weighted by Gasteiger charge is -2.54. The Morgan fingerprint density at radius 1 is 1.13 bits per heavy atom. The molecule has 30 heavy (non-hydrogen) atoms. The maximum absolute atomic E-state index is 13.1. The number of fused-ring (bicyclic) bond motifs is 5. The van der Waals surface area contributed by atoms with Crippen LogP contribution in [0.2, 0.25) is 0 Å². The van der Waals surface area contributed by atoms with Crippen LogP contribution in [0.1, 0.15) is 91.9 Å². The van der Waals surface area contributed by atoms with Gasteiger partial charge in [-0.3, -0.25) is 4.79 Å². The number of hydrogen-bond donors (Lipinski definition) is 1. The maximum Gasteiger partial charge on any atom is 0.137 e. The second-order valence-corrected chi connectivity index (χ2v) is 12.9. The van der Waals surface area contributed by atoms with E-state index in [2.05, 4.69) is 26.0 Å². The molecule has 4 aliphatic carbocycles. The highest BCUT2D eigenvalue weighted by molar-refractivity contribution is 7.99. The molecule has 0 radical (unpaired) electrons. The Kier molecular flexibility index (Phi) is 6.36. The second-order valence-electron chi connectivity index (χ2n) is 11.7. The van der Waals surface area contributed by atoms with Gasteiger partial charge in [-0.25, -0.2) is 0 Å². The lowest BCUT2D eigenvalue weighted by atomic mass is 9.50. The number of ketones is 1. The molecule has 0 heterocycles. The first-order valence-corrected chi connectivity index (χ1v) is 13.5. The van der Waals surface area contributed by atoms with E-state index in [1.807, 2.05) is 25.6 Å². The fourth-order valence-electron chi connectivity index (χ4n) is 7.34. The second kappa shape index (κ2) is 8.43. The fourth-order valence-corrected chi connectivity index (χ4v) is 8.30. The van der Waals surface area contributed by atoms with Crippen molar-refractivity contribution in [3.05, 3.63) is 23.3 Å². The first-order valence-electron chi connectivity index (χ1n) is 12.4. The first kappa shape index (κ1) is 22.6. The highest BCUT2D eigenvalue weighted by Gasteiger charge is 2.58. The van der Waals surface area contributed by atoms with Gasteiger partial charge in [0.2, 0.25) is 0 Å². The molecule has 0 aromatic carbocycles. The standard InChI is InChI=1S/C27H42O2S/c1-25(2,29)13-7-16-30-17-12-22-24(28)18-23-20-10-9-19-8-5-6-14-26(19,3)21(20)11-15-27(22,23)4/h9-10,21-23,29H,5-8,11-18H2,1-4H3/t21-,22-,23-,26-,27+/m0/s1. The Hall–Kier alpha value is -0.540. The van der Waals surface area contributed by atoms with Gasteiger partial charge in [-0.05, 0) is 99.4 Å². The van der Waals surface area contributed by atoms with Gasteiger partial charge in [0.1, 0.15) is 5.78 Å². The molecule has 4 aliphatic rings. The number of thioether (sulfide) groups is 1. The Bertz CT molecular complexity index is 730. The Morgan fingerprint density at radius 2 is 1.93 bits per heavy atom. The first-order chi connectivity index (χ1) is 14.2. The van der Waals surface area contributed by atoms with Crippen LogP contribution in [0, 0.1) is 28.6 Å². The van der Waals surface area contributed by atoms with Crippen molar-refractivity contribution < 1.29 is 9.90 Å². The summed E-state index contributed by atoms with van der Waals surface area (Å²) < 4.78 is 0. The third-order valence-electron chi connectivity index (χ3n) is 9.16. The van der Waals surface area contributed by atoms with Crippen LogP contribution >= 0.6 is 11.8 Å². The molecule has 0 bridgehead atoms. The molecule has 0 saturated heterocycles. The molecule has 0 spiro atoms. The van der Waals surface area contributed by atoms with E-state index in [4.69, 9.17) is 0 Å². The third kappa shape index (κ3) is 4.10. The number of carbonyl (C=O) groups excluding carboxylic acids is 1. The zero-order valence-corrected chi connectivity index (χ0v) is 20.5. The van der Waals surface area contributed by atoms with Gasteiger partial charge in [-0.1, -0.05) is 43.6 Å². The van der Waals surface area contributed by atoms with E-state index in [0.29, 0.717) is 23.0 Å². The van der Waals surface area contributed by atoms with E-state index >= 15 is 0 Å². The summed E-state index contributed by atoms with van der Waals surface area (Å²) in [4.78, 5) is 13.1. The van der Waals surface area contributed by atoms with Crippen LogP contribution < -0.4 is 0 Å². The van der Waals surface area contributed by atoms with Crippen molar-refractivity contribution >= 4 is 17.5 Å². The summed E-state index contributed by atoms with van der Waals surface area (Å²) in [5.41, 5.74) is 3.29. The van der Waals surface area contributed by atoms with E-state index in [1.54, 1.807) is 11.1 Å². The van der Waals surface area contributed by atoms with Crippen LogP contribution in [0.15, 0.2) is 23.3 Å². The molecule has 2 nitrogen and oxygen atoms in total. The van der Waals surface area contributed by atoms with E-state index < -0.39 is 5.60 Å². The molecule has 3 saturated carbocycles. The predicted molar refractivity (Wildman–Crippen MR) is 128 cm³/mol. The molecule has 3 fully saturated rings. The van der Waals surface area contributed by atoms with Gasteiger partial charge < -0.3 is 5.11 Å². The number of hydrogen-bond acceptors (Lipinski definition) is 3. The van der Waals surface area contributed by atoms with Gasteiger partial charge in [-0.2, -0.15) is 11.8 Å². The van der Waals surface area contributed by atoms with Crippen LogP contribution in [-0.2, 0) is 4.79 Å². The molecule has 0 aromatic rings. The van der Waals surface area contributed by atoms with Crippen molar-refractivity contribution in [2.45, 2.75) is 97.5 Å². The van der Waals surface area contributed by atoms with Gasteiger partial charge >= 0.3 is 0 Å². The topological polar surface area (TPSA) is 37.3 Å². The fraction of sp³-hybridized carbons (Fsp3) is 0.815. The minimum Gasteiger partial charge on any atom is -0.390 e. The molecule has 0 amide bonds. The van der Waals surface area contributed by atoms with Crippen LogP contribution in [0.25, 0.3) is 0 Å². The highest BCUT2D eigenvalue weighted by Crippen LogP contribution is 2.64. The minimum absolute atomic E-state index is 0.170. The molecule has 4 rings (SSSR count). The maximum atomic E-state index is 13.1. The van der Waals surface area contributed by atoms with Crippen LogP contribution in [-0.4, -0.2) is 28.0 Å². The largest absolute Gasteiger partial charge is 0.390 e. The van der Waals surface area contributed by atoms with Crippen LogP contribution in [0.4, 0.5) is 0 Å². The van der Waals surface area contributed by atoms with Gasteiger partial charge in [0, 0.05) is 12.3 Å². The summed E-state index contributed by atoms with van der Waals surface area (Å²) in [7, 11) is 0. The predicted octanol–water partition coefficient (Wildman–Crippen LogP) is 6.73. The molecular formula is C27H42O2S. The summed E-state index contributed by atoms with van der Waals surface area (Å²) >= 11 is 1.97. The van der Waals surface area contributed by atoms with E-state index in [9.17, 15) is 9.90 Å². The van der Waals surface area contributed by atoms with E-state index in [0.717, 1.165) is 37.2 Å². The summed E-state index contributed by atoms with van der Waals surface area (Å²) in [6.45, 7) is 8.73. The summed E-state index contributed by atoms with van der Waals surface area (Å²) in [5.74, 6) is 4.10. The minimum atomic E-state index is -0.557. The summed E-state index contributed by atoms with van der Waals surface area (Å²) in [6, 6.07) is 0. The SMILES string of the molecule is CC(C)(O)CCCSCC[C@H]1C(=O)C[C@H]2C3=CC=C4CCCC[C@]4(C)[C@H]3CC[C@]12C. The molecular weight excluding hydrogens is 388 g/mol. The molecule has 168 valence electrons. The Labute approximate surface area is 188 Å². The zero-order valence-electron chi connectivity index (χ0n) is 19.6. The van der Waals surface area contributed by atoms with Crippen LogP contribution in [0.3, 0.4) is 0 Å². The summed E-state index contributed by atoms with van der Waals surface area (Å²) in [6.07, 6.45) is 16.5. The van der Waals surface area contributed by atoms with Crippen LogP contribution in [0.5, 0.6) is 0 Å². The third-order valence-corrected chi connectivity index (χ3v) is 10.3. The molecule has 0 unspecified atom stereocenters. The molecule has 1 N–H and O–H groups in total. The molecule has 3 heteroatoms. The van der Waals surface area contributed by atoms with Gasteiger partial charge in [0.05, 0.1) is 5.60 Å². The lowest BCUT2D eigenvalue weighted by Crippen LogP contribution is -2.44. The number of Topliss-reactive ketones (excluding diaryl/α,β-unsaturated/α-hetero) is 1. The zero-order chi connectivity index (χ0) is 21.6. The molecule has 0 aromatic heterocycles. The Balaban J connectivity index is 1.41. The van der Waals surface area contributed by atoms with Crippen molar-refractivity contribution in [2.75, 3.05) is 11.5 Å². The Morgan fingerprint density at radius 3 is 2.70 bits per heavy atom. The van der Waals surface area contributed by atoms with Crippen molar-refractivity contribution in [1.29, 1.82) is 0 Å². The number of aliphatic hydroxyl groups is 1. The van der Waals surface area contributed by atoms with Crippen molar-refractivity contribution in [3.8, 4) is 0 Å². The quantitative estimate of drug-likeness (QED) is 0.455. The van der Waals surface area contributed by atoms with Gasteiger partial charge in [0.15, 0.2) is 0 Å². The number of allylic oxidation sites excluding steroid dienone is 4. The molecule has 5 atom stereocenters. The average Bonchev–Trinajstić information content (AvgIpc) is 2.93. The lowest BCUT2D eigenvalue weighted by molar-refractivity contribution is -0.122. The summed E-state index contributed by atoms with van der Waals surface area (Å²) in [5, 5.41) is 9.87. The van der Waals surface area contributed by atoms with Gasteiger partial charge in [0.25, 0.3) is 0 Å².